The molecule has 0 saturated heterocycles. The maximum Gasteiger partial charge on any atom is 0.113 e. The molecule has 0 atom stereocenters. The predicted molar refractivity (Wildman–Crippen MR) is 119 cm³/mol. The molecule has 1 aromatic rings. The molecule has 22 heavy (non-hydrogen) atoms. The Kier molecular flexibility index (Phi) is 113. The van der Waals surface area contributed by atoms with Crippen LogP contribution in [0.2, 0.25) is 12.1 Å². The van der Waals surface area contributed by atoms with E-state index in [9.17, 15) is 0 Å². The SMILES string of the molecule is C.C.C.C.C.C.C.CC.C[B]C(C)(C)CC.c1ccncc1. The summed E-state index contributed by atoms with van der Waals surface area (Å²) >= 11 is 0. The fourth-order valence-electron chi connectivity index (χ4n) is 0.517. The molecule has 0 unspecified atom stereocenters. The van der Waals surface area contributed by atoms with Gasteiger partial charge in [0.1, 0.15) is 7.28 Å². The molecule has 0 bridgehead atoms. The zero-order valence-corrected chi connectivity index (χ0v) is 11.1. The highest BCUT2D eigenvalue weighted by Crippen LogP contribution is 2.25. The smallest absolute Gasteiger partial charge is 0.113 e. The maximum absolute atomic E-state index is 3.78. The van der Waals surface area contributed by atoms with Crippen LogP contribution in [0.3, 0.4) is 0 Å². The molecule has 1 aromatic heterocycles. The first-order valence-corrected chi connectivity index (χ1v) is 5.78. The van der Waals surface area contributed by atoms with Gasteiger partial charge in [0.05, 0.1) is 0 Å². The minimum absolute atomic E-state index is 0. The molecule has 0 saturated carbocycles. The second-order valence-electron chi connectivity index (χ2n) is 3.66. The van der Waals surface area contributed by atoms with Crippen molar-refractivity contribution in [2.24, 2.45) is 0 Å². The Labute approximate surface area is 148 Å². The molecule has 141 valence electrons. The summed E-state index contributed by atoms with van der Waals surface area (Å²) in [5, 5.41) is 0.458. The molecule has 0 N–H and O–H groups in total. The van der Waals surface area contributed by atoms with Crippen molar-refractivity contribution in [1.29, 1.82) is 0 Å². The van der Waals surface area contributed by atoms with Crippen molar-refractivity contribution >= 4 is 7.28 Å². The van der Waals surface area contributed by atoms with Crippen molar-refractivity contribution in [3.8, 4) is 0 Å². The average molecular weight is 318 g/mol. The van der Waals surface area contributed by atoms with Gasteiger partial charge in [0, 0.05) is 12.4 Å². The highest BCUT2D eigenvalue weighted by atomic mass is 14.6. The lowest BCUT2D eigenvalue weighted by Crippen LogP contribution is -2.06. The first kappa shape index (κ1) is 58.1. The lowest BCUT2D eigenvalue weighted by Gasteiger charge is -2.17. The average Bonchev–Trinajstić information content (AvgIpc) is 2.35. The van der Waals surface area contributed by atoms with Gasteiger partial charge in [-0.3, -0.25) is 4.98 Å². The Morgan fingerprint density at radius 3 is 1.14 bits per heavy atom. The number of rotatable bonds is 2. The minimum atomic E-state index is 0. The minimum Gasteiger partial charge on any atom is -0.265 e. The monoisotopic (exact) mass is 318 g/mol. The van der Waals surface area contributed by atoms with E-state index < -0.39 is 0 Å². The van der Waals surface area contributed by atoms with Crippen molar-refractivity contribution < 1.29 is 0 Å². The highest BCUT2D eigenvalue weighted by Gasteiger charge is 2.10. The summed E-state index contributed by atoms with van der Waals surface area (Å²) in [4.78, 5) is 3.78. The molecular formula is C20H53BN. The van der Waals surface area contributed by atoms with Gasteiger partial charge in [0.2, 0.25) is 0 Å². The highest BCUT2D eigenvalue weighted by molar-refractivity contribution is 6.37. The van der Waals surface area contributed by atoms with Crippen molar-refractivity contribution in [3.05, 3.63) is 30.6 Å². The van der Waals surface area contributed by atoms with E-state index in [1.54, 1.807) is 12.4 Å². The molecular weight excluding hydrogens is 265 g/mol. The van der Waals surface area contributed by atoms with Gasteiger partial charge in [0.15, 0.2) is 0 Å². The van der Waals surface area contributed by atoms with Crippen LogP contribution >= 0.6 is 0 Å². The maximum atomic E-state index is 3.78. The van der Waals surface area contributed by atoms with Crippen LogP contribution in [0.1, 0.15) is 93.0 Å². The number of pyridine rings is 1. The summed E-state index contributed by atoms with van der Waals surface area (Å²) in [5.41, 5.74) is 0. The van der Waals surface area contributed by atoms with Crippen molar-refractivity contribution in [1.82, 2.24) is 4.98 Å². The van der Waals surface area contributed by atoms with E-state index in [-0.39, 0.29) is 52.0 Å². The number of aromatic nitrogens is 1. The molecule has 0 amide bonds. The molecule has 1 heterocycles. The van der Waals surface area contributed by atoms with Crippen molar-refractivity contribution in [3.63, 3.8) is 0 Å². The summed E-state index contributed by atoms with van der Waals surface area (Å²) in [6.45, 7) is 12.8. The van der Waals surface area contributed by atoms with Gasteiger partial charge in [-0.1, -0.05) is 111 Å². The van der Waals surface area contributed by atoms with Crippen LogP contribution in [0.4, 0.5) is 0 Å². The molecule has 1 radical (unpaired) electrons. The van der Waals surface area contributed by atoms with E-state index in [0.29, 0.717) is 5.31 Å². The quantitative estimate of drug-likeness (QED) is 0.496. The zero-order valence-electron chi connectivity index (χ0n) is 11.1. The lowest BCUT2D eigenvalue weighted by molar-refractivity contribution is 0.645. The van der Waals surface area contributed by atoms with Crippen LogP contribution in [-0.2, 0) is 0 Å². The lowest BCUT2D eigenvalue weighted by atomic mass is 9.55. The van der Waals surface area contributed by atoms with Crippen LogP contribution in [0, 0.1) is 0 Å². The Hall–Kier alpha value is -0.785. The van der Waals surface area contributed by atoms with E-state index in [1.807, 2.05) is 32.0 Å². The Morgan fingerprint density at radius 1 is 0.773 bits per heavy atom. The number of nitrogens with zero attached hydrogens (tertiary/aromatic N) is 1. The zero-order chi connectivity index (χ0) is 12.2. The van der Waals surface area contributed by atoms with Gasteiger partial charge >= 0.3 is 0 Å². The van der Waals surface area contributed by atoms with Crippen LogP contribution in [0.15, 0.2) is 30.6 Å². The Morgan fingerprint density at radius 2 is 1.09 bits per heavy atom. The van der Waals surface area contributed by atoms with Gasteiger partial charge in [-0.15, -0.1) is 0 Å². The normalized spacial score (nSPS) is 6.09. The summed E-state index contributed by atoms with van der Waals surface area (Å²) < 4.78 is 0. The van der Waals surface area contributed by atoms with E-state index in [0.717, 1.165) is 0 Å². The molecule has 0 fully saturated rings. The first-order valence-electron chi connectivity index (χ1n) is 5.78. The predicted octanol–water partition coefficient (Wildman–Crippen LogP) is 8.91. The molecule has 0 spiro atoms. The fraction of sp³-hybridized carbons (Fsp3) is 0.750. The second kappa shape index (κ2) is 42.7. The summed E-state index contributed by atoms with van der Waals surface area (Å²) in [5.74, 6) is 0. The van der Waals surface area contributed by atoms with Crippen LogP contribution in [-0.4, -0.2) is 12.3 Å². The summed E-state index contributed by atoms with van der Waals surface area (Å²) in [7, 11) is 2.24. The van der Waals surface area contributed by atoms with Crippen LogP contribution in [0.25, 0.3) is 0 Å². The number of hydrogen-bond donors (Lipinski definition) is 0. The van der Waals surface area contributed by atoms with Crippen molar-refractivity contribution in [2.45, 2.75) is 105 Å². The van der Waals surface area contributed by atoms with Gasteiger partial charge in [-0.05, 0) is 12.1 Å². The largest absolute Gasteiger partial charge is 0.265 e. The standard InChI is InChI=1S/C6H14B.C5H5N.C2H6.7CH4/c1-5-6(2,3)7-4;1-2-4-6-5-3-1;1-2;;;;;;;/h5H2,1-4H3;1-5H;1-2H3;7*1H4. The van der Waals surface area contributed by atoms with Crippen LogP contribution < -0.4 is 0 Å². The van der Waals surface area contributed by atoms with E-state index in [2.05, 4.69) is 39.9 Å². The third-order valence-electron chi connectivity index (χ3n) is 2.26. The van der Waals surface area contributed by atoms with Gasteiger partial charge in [-0.25, -0.2) is 0 Å². The van der Waals surface area contributed by atoms with E-state index >= 15 is 0 Å². The first-order chi connectivity index (χ1) is 7.12. The van der Waals surface area contributed by atoms with E-state index in [4.69, 9.17) is 0 Å². The molecule has 1 nitrogen and oxygen atoms in total. The fourth-order valence-corrected chi connectivity index (χ4v) is 0.517. The third kappa shape index (κ3) is 50.7. The Bertz CT molecular complexity index is 165. The molecule has 0 aliphatic carbocycles. The summed E-state index contributed by atoms with van der Waals surface area (Å²) in [6.07, 6.45) is 4.74. The molecule has 1 rings (SSSR count). The molecule has 2 heteroatoms. The Balaban J connectivity index is -0.0000000153. The van der Waals surface area contributed by atoms with Crippen LogP contribution in [0.5, 0.6) is 0 Å². The van der Waals surface area contributed by atoms with Gasteiger partial charge < -0.3 is 0 Å². The molecule has 0 aliphatic heterocycles. The molecule has 0 aliphatic rings. The van der Waals surface area contributed by atoms with Crippen molar-refractivity contribution in [2.75, 3.05) is 0 Å². The second-order valence-corrected chi connectivity index (χ2v) is 3.66. The molecule has 0 aromatic carbocycles. The topological polar surface area (TPSA) is 12.9 Å². The summed E-state index contributed by atoms with van der Waals surface area (Å²) in [6, 6.07) is 5.72. The third-order valence-corrected chi connectivity index (χ3v) is 2.26. The number of hydrogen-bond acceptors (Lipinski definition) is 1. The van der Waals surface area contributed by atoms with Gasteiger partial charge in [0.25, 0.3) is 0 Å². The van der Waals surface area contributed by atoms with E-state index in [1.165, 1.54) is 6.42 Å². The van der Waals surface area contributed by atoms with Gasteiger partial charge in [-0.2, -0.15) is 0 Å².